The van der Waals surface area contributed by atoms with Gasteiger partial charge in [0.2, 0.25) is 0 Å². The fourth-order valence-electron chi connectivity index (χ4n) is 1.65. The molecule has 0 unspecified atom stereocenters. The molecule has 0 saturated heterocycles. The van der Waals surface area contributed by atoms with Crippen LogP contribution in [0.25, 0.3) is 4.85 Å². The smallest absolute Gasteiger partial charge is 0.193 e. The van der Waals surface area contributed by atoms with Crippen LogP contribution in [-0.4, -0.2) is 0 Å². The van der Waals surface area contributed by atoms with Crippen molar-refractivity contribution in [2.75, 3.05) is 0 Å². The first-order valence-electron chi connectivity index (χ1n) is 4.45. The Balaban J connectivity index is 3.69. The third kappa shape index (κ3) is 1.33. The van der Waals surface area contributed by atoms with Crippen LogP contribution in [0.1, 0.15) is 27.8 Å². The molecular weight excluding hydrogens is 158 g/mol. The van der Waals surface area contributed by atoms with Gasteiger partial charge >= 0.3 is 0 Å². The molecule has 0 bridgehead atoms. The topological polar surface area (TPSA) is 4.36 Å². The van der Waals surface area contributed by atoms with Crippen molar-refractivity contribution >= 4 is 5.69 Å². The Hall–Kier alpha value is -1.29. The van der Waals surface area contributed by atoms with Gasteiger partial charge in [0, 0.05) is 0 Å². The fraction of sp³-hybridized carbons (Fsp3) is 0.417. The molecule has 0 atom stereocenters. The Kier molecular flexibility index (Phi) is 2.43. The molecule has 0 N–H and O–H groups in total. The molecule has 1 aromatic carbocycles. The zero-order valence-electron chi connectivity index (χ0n) is 8.95. The summed E-state index contributed by atoms with van der Waals surface area (Å²) in [5.74, 6) is 0. The Labute approximate surface area is 80.2 Å². The summed E-state index contributed by atoms with van der Waals surface area (Å²) in [6.07, 6.45) is 0. The van der Waals surface area contributed by atoms with E-state index < -0.39 is 0 Å². The normalized spacial score (nSPS) is 9.85. The number of rotatable bonds is 0. The van der Waals surface area contributed by atoms with Crippen LogP contribution in [0.15, 0.2) is 0 Å². The van der Waals surface area contributed by atoms with Gasteiger partial charge in [-0.3, -0.25) is 0 Å². The summed E-state index contributed by atoms with van der Waals surface area (Å²) in [6.45, 7) is 17.5. The van der Waals surface area contributed by atoms with E-state index in [4.69, 9.17) is 6.57 Å². The quantitative estimate of drug-likeness (QED) is 0.526. The molecule has 13 heavy (non-hydrogen) atoms. The molecule has 0 amide bonds. The van der Waals surface area contributed by atoms with Crippen LogP contribution in [0.2, 0.25) is 0 Å². The lowest BCUT2D eigenvalue weighted by atomic mass is 9.93. The molecule has 1 rings (SSSR count). The third-order valence-electron chi connectivity index (χ3n) is 3.07. The molecule has 1 nitrogen and oxygen atoms in total. The molecule has 68 valence electrons. The lowest BCUT2D eigenvalue weighted by Crippen LogP contribution is -1.94. The van der Waals surface area contributed by atoms with Crippen molar-refractivity contribution in [2.45, 2.75) is 34.6 Å². The average molecular weight is 173 g/mol. The summed E-state index contributed by atoms with van der Waals surface area (Å²) < 4.78 is 0. The molecule has 0 radical (unpaired) electrons. The number of hydrogen-bond acceptors (Lipinski definition) is 0. The minimum Gasteiger partial charge on any atom is -0.238 e. The Morgan fingerprint density at radius 3 is 1.31 bits per heavy atom. The van der Waals surface area contributed by atoms with Crippen molar-refractivity contribution in [1.29, 1.82) is 0 Å². The first kappa shape index (κ1) is 9.80. The van der Waals surface area contributed by atoms with E-state index >= 15 is 0 Å². The summed E-state index contributed by atoms with van der Waals surface area (Å²) in [5, 5.41) is 0. The lowest BCUT2D eigenvalue weighted by molar-refractivity contribution is 1.19. The zero-order chi connectivity index (χ0) is 10.2. The van der Waals surface area contributed by atoms with E-state index in [1.807, 2.05) is 13.8 Å². The minimum absolute atomic E-state index is 0.834. The highest BCUT2D eigenvalue weighted by atomic mass is 14.7. The summed E-state index contributed by atoms with van der Waals surface area (Å²) >= 11 is 0. The highest BCUT2D eigenvalue weighted by Gasteiger charge is 2.10. The first-order chi connectivity index (χ1) is 6.00. The Bertz CT molecular complexity index is 366. The summed E-state index contributed by atoms with van der Waals surface area (Å²) in [5.41, 5.74) is 6.94. The van der Waals surface area contributed by atoms with Gasteiger partial charge in [0.1, 0.15) is 0 Å². The molecule has 0 saturated carbocycles. The second-order valence-corrected chi connectivity index (χ2v) is 3.59. The molecule has 0 aliphatic rings. The maximum Gasteiger partial charge on any atom is 0.193 e. The molecule has 1 heteroatoms. The minimum atomic E-state index is 0.834. The van der Waals surface area contributed by atoms with Crippen molar-refractivity contribution < 1.29 is 0 Å². The van der Waals surface area contributed by atoms with Crippen LogP contribution in [0.3, 0.4) is 0 Å². The van der Waals surface area contributed by atoms with Crippen LogP contribution in [0.4, 0.5) is 5.69 Å². The van der Waals surface area contributed by atoms with E-state index in [0.717, 1.165) is 16.8 Å². The van der Waals surface area contributed by atoms with Crippen molar-refractivity contribution in [3.63, 3.8) is 0 Å². The largest absolute Gasteiger partial charge is 0.238 e. The second-order valence-electron chi connectivity index (χ2n) is 3.59. The number of benzene rings is 1. The maximum atomic E-state index is 7.11. The molecule has 0 spiro atoms. The predicted molar refractivity (Wildman–Crippen MR) is 56.4 cm³/mol. The van der Waals surface area contributed by atoms with E-state index in [2.05, 4.69) is 25.6 Å². The van der Waals surface area contributed by atoms with Gasteiger partial charge in [-0.2, -0.15) is 0 Å². The number of nitrogens with zero attached hydrogens (tertiary/aromatic N) is 1. The molecule has 0 heterocycles. The summed E-state index contributed by atoms with van der Waals surface area (Å²) in [4.78, 5) is 3.58. The van der Waals surface area contributed by atoms with E-state index in [-0.39, 0.29) is 0 Å². The van der Waals surface area contributed by atoms with Crippen molar-refractivity contribution in [3.05, 3.63) is 39.2 Å². The molecule has 1 aromatic rings. The van der Waals surface area contributed by atoms with Gasteiger partial charge in [-0.25, -0.2) is 4.85 Å². The van der Waals surface area contributed by atoms with Crippen LogP contribution in [0, 0.1) is 41.2 Å². The SMILES string of the molecule is [C-]#[N+]c1c(C)c(C)c(C)c(C)c1C. The average Bonchev–Trinajstić information content (AvgIpc) is 2.13. The Morgan fingerprint density at radius 2 is 1.00 bits per heavy atom. The molecule has 0 aliphatic heterocycles. The maximum absolute atomic E-state index is 7.11. The van der Waals surface area contributed by atoms with Gasteiger partial charge in [-0.15, -0.1) is 0 Å². The van der Waals surface area contributed by atoms with E-state index in [9.17, 15) is 0 Å². The Morgan fingerprint density at radius 1 is 0.692 bits per heavy atom. The van der Waals surface area contributed by atoms with Gasteiger partial charge in [0.15, 0.2) is 5.69 Å². The van der Waals surface area contributed by atoms with E-state index in [1.165, 1.54) is 16.7 Å². The highest BCUT2D eigenvalue weighted by molar-refractivity contribution is 5.65. The van der Waals surface area contributed by atoms with Crippen molar-refractivity contribution in [3.8, 4) is 0 Å². The lowest BCUT2D eigenvalue weighted by Gasteiger charge is -2.14. The van der Waals surface area contributed by atoms with Crippen LogP contribution in [0.5, 0.6) is 0 Å². The first-order valence-corrected chi connectivity index (χ1v) is 4.45. The molecule has 0 fully saturated rings. The fourth-order valence-corrected chi connectivity index (χ4v) is 1.65. The molecule has 0 aliphatic carbocycles. The van der Waals surface area contributed by atoms with Crippen molar-refractivity contribution in [1.82, 2.24) is 0 Å². The zero-order valence-corrected chi connectivity index (χ0v) is 8.95. The standard InChI is InChI=1S/C12H15N/c1-7-8(2)10(4)12(13-6)11(5)9(7)3/h1-5H3. The second kappa shape index (κ2) is 3.22. The van der Waals surface area contributed by atoms with E-state index in [0.29, 0.717) is 0 Å². The van der Waals surface area contributed by atoms with Gasteiger partial charge in [0.05, 0.1) is 6.57 Å². The van der Waals surface area contributed by atoms with Crippen molar-refractivity contribution in [2.24, 2.45) is 0 Å². The van der Waals surface area contributed by atoms with Gasteiger partial charge in [0.25, 0.3) is 0 Å². The molecular formula is C12H15N. The highest BCUT2D eigenvalue weighted by Crippen LogP contribution is 2.31. The summed E-state index contributed by atoms with van der Waals surface area (Å²) in [6, 6.07) is 0. The molecule has 0 aromatic heterocycles. The van der Waals surface area contributed by atoms with E-state index in [1.54, 1.807) is 0 Å². The van der Waals surface area contributed by atoms with Crippen LogP contribution < -0.4 is 0 Å². The summed E-state index contributed by atoms with van der Waals surface area (Å²) in [7, 11) is 0. The third-order valence-corrected chi connectivity index (χ3v) is 3.07. The van der Waals surface area contributed by atoms with Gasteiger partial charge in [-0.05, 0) is 51.3 Å². The van der Waals surface area contributed by atoms with Crippen LogP contribution in [-0.2, 0) is 0 Å². The predicted octanol–water partition coefficient (Wildman–Crippen LogP) is 3.78. The van der Waals surface area contributed by atoms with Gasteiger partial charge in [-0.1, -0.05) is 11.1 Å². The number of hydrogen-bond donors (Lipinski definition) is 0. The van der Waals surface area contributed by atoms with Crippen LogP contribution >= 0.6 is 0 Å². The monoisotopic (exact) mass is 173 g/mol. The van der Waals surface area contributed by atoms with Gasteiger partial charge < -0.3 is 0 Å².